The molecule has 4 amide bonds. The molecule has 1 aliphatic heterocycles. The normalized spacial score (nSPS) is 14.2. The van der Waals surface area contributed by atoms with Gasteiger partial charge in [0, 0.05) is 31.5 Å². The third-order valence-corrected chi connectivity index (χ3v) is 3.67. The maximum atomic E-state index is 11.8. The van der Waals surface area contributed by atoms with Crippen LogP contribution in [0.3, 0.4) is 0 Å². The molecule has 0 fully saturated rings. The number of carbonyl (C=O) groups excluding carboxylic acids is 5. The van der Waals surface area contributed by atoms with Crippen molar-refractivity contribution >= 4 is 29.9 Å². The highest BCUT2D eigenvalue weighted by Gasteiger charge is 2.23. The number of imide groups is 1. The summed E-state index contributed by atoms with van der Waals surface area (Å²) in [5, 5.41) is 4.85. The average molecular weight is 356 g/mol. The number of benzene rings is 1. The van der Waals surface area contributed by atoms with E-state index in [1.54, 1.807) is 6.29 Å². The van der Waals surface area contributed by atoms with Crippen LogP contribution in [-0.4, -0.2) is 53.9 Å². The second-order valence-corrected chi connectivity index (χ2v) is 5.62. The Hall–Kier alpha value is -3.29. The maximum Gasteiger partial charge on any atom is 0.253 e. The first kappa shape index (κ1) is 19.0. The van der Waals surface area contributed by atoms with Crippen LogP contribution in [0.1, 0.15) is 12.0 Å². The van der Waals surface area contributed by atoms with Gasteiger partial charge in [0.1, 0.15) is 0 Å². The van der Waals surface area contributed by atoms with Crippen LogP contribution in [0.4, 0.5) is 0 Å². The molecule has 135 valence electrons. The molecular weight excluding hydrogens is 338 g/mol. The first-order chi connectivity index (χ1) is 12.5. The van der Waals surface area contributed by atoms with Crippen molar-refractivity contribution < 1.29 is 24.0 Å². The fourth-order valence-corrected chi connectivity index (χ4v) is 2.35. The standard InChI is InChI=1S/C18H18N3O5/c22-12-14(10-13-4-2-1-3-5-13)20-16(24)11-19-15(23)8-9-21-17(25)6-7-18(21)26/h1-7,14H,8-11H2,(H,19,23)(H,20,24)/t14-/m0/s1. The molecule has 2 rings (SSSR count). The van der Waals surface area contributed by atoms with Gasteiger partial charge >= 0.3 is 0 Å². The lowest BCUT2D eigenvalue weighted by molar-refractivity contribution is -0.137. The largest absolute Gasteiger partial charge is 0.347 e. The lowest BCUT2D eigenvalue weighted by Crippen LogP contribution is -2.44. The molecule has 1 heterocycles. The fraction of sp³-hybridized carbons (Fsp3) is 0.278. The third-order valence-electron chi connectivity index (χ3n) is 3.67. The van der Waals surface area contributed by atoms with Crippen LogP contribution in [0.15, 0.2) is 42.5 Å². The Morgan fingerprint density at radius 1 is 1.04 bits per heavy atom. The highest BCUT2D eigenvalue weighted by atomic mass is 16.2. The van der Waals surface area contributed by atoms with Gasteiger partial charge in [0.15, 0.2) is 0 Å². The van der Waals surface area contributed by atoms with Crippen LogP contribution in [0.2, 0.25) is 0 Å². The molecule has 0 saturated heterocycles. The molecule has 1 aromatic rings. The highest BCUT2D eigenvalue weighted by molar-refractivity contribution is 6.13. The molecule has 1 aromatic carbocycles. The van der Waals surface area contributed by atoms with E-state index in [1.807, 2.05) is 30.3 Å². The van der Waals surface area contributed by atoms with Gasteiger partial charge in [-0.1, -0.05) is 30.3 Å². The number of carbonyl (C=O) groups is 4. The minimum absolute atomic E-state index is 0.0587. The van der Waals surface area contributed by atoms with Gasteiger partial charge in [0.2, 0.25) is 18.1 Å². The van der Waals surface area contributed by atoms with E-state index in [4.69, 9.17) is 0 Å². The quantitative estimate of drug-likeness (QED) is 0.566. The van der Waals surface area contributed by atoms with Gasteiger partial charge in [-0.25, -0.2) is 0 Å². The number of hydrogen-bond acceptors (Lipinski definition) is 5. The van der Waals surface area contributed by atoms with E-state index in [0.29, 0.717) is 6.42 Å². The smallest absolute Gasteiger partial charge is 0.253 e. The minimum Gasteiger partial charge on any atom is -0.347 e. The lowest BCUT2D eigenvalue weighted by Gasteiger charge is -2.14. The molecule has 0 aromatic heterocycles. The van der Waals surface area contributed by atoms with E-state index < -0.39 is 29.7 Å². The molecule has 0 unspecified atom stereocenters. The Morgan fingerprint density at radius 2 is 1.69 bits per heavy atom. The van der Waals surface area contributed by atoms with E-state index in [9.17, 15) is 24.0 Å². The van der Waals surface area contributed by atoms with Crippen molar-refractivity contribution in [2.24, 2.45) is 0 Å². The predicted molar refractivity (Wildman–Crippen MR) is 91.3 cm³/mol. The lowest BCUT2D eigenvalue weighted by atomic mass is 10.1. The summed E-state index contributed by atoms with van der Waals surface area (Å²) in [5.74, 6) is -1.95. The third kappa shape index (κ3) is 5.66. The Morgan fingerprint density at radius 3 is 2.31 bits per heavy atom. The predicted octanol–water partition coefficient (Wildman–Crippen LogP) is -0.745. The number of hydrogen-bond donors (Lipinski definition) is 2. The number of nitrogens with one attached hydrogen (secondary N) is 2. The van der Waals surface area contributed by atoms with Crippen LogP contribution < -0.4 is 10.6 Å². The molecule has 0 saturated carbocycles. The van der Waals surface area contributed by atoms with Crippen molar-refractivity contribution in [3.05, 3.63) is 48.0 Å². The number of amides is 4. The van der Waals surface area contributed by atoms with Crippen LogP contribution in [-0.2, 0) is 30.4 Å². The Labute approximate surface area is 150 Å². The molecule has 8 heteroatoms. The Kier molecular flexibility index (Phi) is 6.78. The van der Waals surface area contributed by atoms with Crippen molar-refractivity contribution in [1.29, 1.82) is 0 Å². The molecule has 0 spiro atoms. The topological polar surface area (TPSA) is 113 Å². The summed E-state index contributed by atoms with van der Waals surface area (Å²) < 4.78 is 0. The molecule has 8 nitrogen and oxygen atoms in total. The zero-order valence-corrected chi connectivity index (χ0v) is 13.9. The zero-order valence-electron chi connectivity index (χ0n) is 13.9. The summed E-state index contributed by atoms with van der Waals surface area (Å²) in [7, 11) is 0. The second kappa shape index (κ2) is 9.26. The van der Waals surface area contributed by atoms with Crippen molar-refractivity contribution in [3.63, 3.8) is 0 Å². The average Bonchev–Trinajstić information content (AvgIpc) is 2.96. The van der Waals surface area contributed by atoms with E-state index in [1.165, 1.54) is 0 Å². The molecular formula is C18H18N3O5. The van der Waals surface area contributed by atoms with Crippen LogP contribution in [0, 0.1) is 0 Å². The summed E-state index contributed by atoms with van der Waals surface area (Å²) in [6, 6.07) is 8.33. The summed E-state index contributed by atoms with van der Waals surface area (Å²) in [4.78, 5) is 58.2. The van der Waals surface area contributed by atoms with E-state index in [-0.39, 0.29) is 19.5 Å². The molecule has 0 bridgehead atoms. The van der Waals surface area contributed by atoms with E-state index in [0.717, 1.165) is 22.6 Å². The molecule has 26 heavy (non-hydrogen) atoms. The molecule has 2 N–H and O–H groups in total. The Bertz CT molecular complexity index is 712. The molecule has 1 atom stereocenters. The van der Waals surface area contributed by atoms with Gasteiger partial charge in [-0.2, -0.15) is 0 Å². The van der Waals surface area contributed by atoms with Gasteiger partial charge in [0.25, 0.3) is 11.8 Å². The second-order valence-electron chi connectivity index (χ2n) is 5.62. The van der Waals surface area contributed by atoms with Crippen LogP contribution in [0.5, 0.6) is 0 Å². The van der Waals surface area contributed by atoms with Gasteiger partial charge < -0.3 is 10.6 Å². The number of rotatable bonds is 9. The maximum absolute atomic E-state index is 11.8. The molecule has 1 radical (unpaired) electrons. The van der Waals surface area contributed by atoms with Gasteiger partial charge in [-0.15, -0.1) is 0 Å². The Balaban J connectivity index is 1.70. The van der Waals surface area contributed by atoms with Crippen molar-refractivity contribution in [3.8, 4) is 0 Å². The number of nitrogens with zero attached hydrogens (tertiary/aromatic N) is 1. The first-order valence-corrected chi connectivity index (χ1v) is 8.01. The monoisotopic (exact) mass is 356 g/mol. The minimum atomic E-state index is -0.812. The van der Waals surface area contributed by atoms with Crippen molar-refractivity contribution in [1.82, 2.24) is 15.5 Å². The molecule has 0 aliphatic carbocycles. The van der Waals surface area contributed by atoms with Crippen LogP contribution >= 0.6 is 0 Å². The van der Waals surface area contributed by atoms with Gasteiger partial charge in [0.05, 0.1) is 12.6 Å². The summed E-state index contributed by atoms with van der Waals surface area (Å²) in [5.41, 5.74) is 0.874. The molecule has 1 aliphatic rings. The fourth-order valence-electron chi connectivity index (χ4n) is 2.35. The highest BCUT2D eigenvalue weighted by Crippen LogP contribution is 2.04. The van der Waals surface area contributed by atoms with E-state index in [2.05, 4.69) is 10.6 Å². The van der Waals surface area contributed by atoms with Crippen molar-refractivity contribution in [2.75, 3.05) is 13.1 Å². The van der Waals surface area contributed by atoms with E-state index >= 15 is 0 Å². The van der Waals surface area contributed by atoms with Crippen LogP contribution in [0.25, 0.3) is 0 Å². The van der Waals surface area contributed by atoms with Crippen molar-refractivity contribution in [2.45, 2.75) is 18.9 Å². The zero-order chi connectivity index (χ0) is 18.9. The summed E-state index contributed by atoms with van der Waals surface area (Å²) in [6.45, 7) is -0.372. The first-order valence-electron chi connectivity index (χ1n) is 8.01. The summed E-state index contributed by atoms with van der Waals surface area (Å²) in [6.07, 6.45) is 4.22. The van der Waals surface area contributed by atoms with Gasteiger partial charge in [-0.05, 0) is 5.56 Å². The SMILES string of the molecule is O=[C][C@H](Cc1ccccc1)NC(=O)CNC(=O)CCN1C(=O)C=CC1=O. The van der Waals surface area contributed by atoms with Gasteiger partial charge in [-0.3, -0.25) is 28.9 Å². The summed E-state index contributed by atoms with van der Waals surface area (Å²) >= 11 is 0.